The first-order chi connectivity index (χ1) is 5.72. The molecule has 0 radical (unpaired) electrons. The fourth-order valence-electron chi connectivity index (χ4n) is 1.73. The second kappa shape index (κ2) is 5.08. The molecule has 2 unspecified atom stereocenters. The second-order valence-electron chi connectivity index (χ2n) is 4.01. The van der Waals surface area contributed by atoms with Gasteiger partial charge in [-0.15, -0.1) is 11.6 Å². The van der Waals surface area contributed by atoms with Gasteiger partial charge in [0.2, 0.25) is 0 Å². The molecule has 0 spiro atoms. The summed E-state index contributed by atoms with van der Waals surface area (Å²) in [6.45, 7) is 8.17. The van der Waals surface area contributed by atoms with E-state index in [1.165, 1.54) is 32.4 Å². The summed E-state index contributed by atoms with van der Waals surface area (Å²) in [7, 11) is 0. The molecule has 0 amide bonds. The number of piperidine rings is 1. The molecule has 0 aromatic rings. The highest BCUT2D eigenvalue weighted by Crippen LogP contribution is 2.16. The van der Waals surface area contributed by atoms with Crippen molar-refractivity contribution in [3.8, 4) is 0 Å². The lowest BCUT2D eigenvalue weighted by Gasteiger charge is -2.31. The highest BCUT2D eigenvalue weighted by atomic mass is 35.5. The average molecular weight is 190 g/mol. The van der Waals surface area contributed by atoms with Crippen LogP contribution in [0.1, 0.15) is 33.1 Å². The predicted molar refractivity (Wildman–Crippen MR) is 54.8 cm³/mol. The van der Waals surface area contributed by atoms with E-state index in [0.717, 1.165) is 12.5 Å². The molecule has 1 nitrogen and oxygen atoms in total. The maximum Gasteiger partial charge on any atom is 0.0463 e. The Morgan fingerprint density at radius 3 is 2.92 bits per heavy atom. The molecule has 2 heteroatoms. The van der Waals surface area contributed by atoms with E-state index in [0.29, 0.717) is 5.38 Å². The van der Waals surface area contributed by atoms with Gasteiger partial charge in [-0.2, -0.15) is 0 Å². The normalized spacial score (nSPS) is 28.8. The van der Waals surface area contributed by atoms with Gasteiger partial charge in [-0.25, -0.2) is 0 Å². The second-order valence-corrected chi connectivity index (χ2v) is 4.63. The van der Waals surface area contributed by atoms with Gasteiger partial charge in [0.15, 0.2) is 0 Å². The Labute approximate surface area is 81.1 Å². The third-order valence-corrected chi connectivity index (χ3v) is 3.07. The Morgan fingerprint density at radius 2 is 2.33 bits per heavy atom. The molecule has 1 rings (SSSR count). The van der Waals surface area contributed by atoms with Crippen LogP contribution in [0.15, 0.2) is 0 Å². The van der Waals surface area contributed by atoms with Gasteiger partial charge < -0.3 is 4.90 Å². The molecule has 1 aliphatic heterocycles. The van der Waals surface area contributed by atoms with E-state index in [-0.39, 0.29) is 0 Å². The van der Waals surface area contributed by atoms with Crippen molar-refractivity contribution in [1.29, 1.82) is 0 Å². The third-order valence-electron chi connectivity index (χ3n) is 2.71. The Balaban J connectivity index is 2.22. The Hall–Kier alpha value is 0.250. The van der Waals surface area contributed by atoms with Crippen molar-refractivity contribution >= 4 is 11.6 Å². The largest absolute Gasteiger partial charge is 0.302 e. The van der Waals surface area contributed by atoms with Crippen LogP contribution in [0.5, 0.6) is 0 Å². The molecule has 0 aromatic heterocycles. The SMILES string of the molecule is CCC(C)CN1CCCC(Cl)C1. The molecule has 2 atom stereocenters. The fourth-order valence-corrected chi connectivity index (χ4v) is 2.08. The molecule has 1 aliphatic rings. The van der Waals surface area contributed by atoms with E-state index in [1.54, 1.807) is 0 Å². The molecular formula is C10H20ClN. The van der Waals surface area contributed by atoms with Crippen LogP contribution in [-0.2, 0) is 0 Å². The van der Waals surface area contributed by atoms with Gasteiger partial charge in [0.05, 0.1) is 0 Å². The first-order valence-corrected chi connectivity index (χ1v) is 5.52. The summed E-state index contributed by atoms with van der Waals surface area (Å²) in [6.07, 6.45) is 3.77. The molecular weight excluding hydrogens is 170 g/mol. The van der Waals surface area contributed by atoms with E-state index in [2.05, 4.69) is 18.7 Å². The minimum atomic E-state index is 0.405. The molecule has 1 heterocycles. The Kier molecular flexibility index (Phi) is 4.38. The van der Waals surface area contributed by atoms with Crippen molar-refractivity contribution in [2.45, 2.75) is 38.5 Å². The summed E-state index contributed by atoms with van der Waals surface area (Å²) >= 11 is 6.10. The van der Waals surface area contributed by atoms with Gasteiger partial charge in [0.1, 0.15) is 0 Å². The monoisotopic (exact) mass is 189 g/mol. The molecule has 0 bridgehead atoms. The van der Waals surface area contributed by atoms with E-state index < -0.39 is 0 Å². The molecule has 0 aromatic carbocycles. The number of likely N-dealkylation sites (tertiary alicyclic amines) is 1. The summed E-state index contributed by atoms with van der Waals surface area (Å²) in [4.78, 5) is 2.51. The van der Waals surface area contributed by atoms with Crippen LogP contribution >= 0.6 is 11.6 Å². The highest BCUT2D eigenvalue weighted by Gasteiger charge is 2.18. The molecule has 12 heavy (non-hydrogen) atoms. The number of halogens is 1. The first-order valence-electron chi connectivity index (χ1n) is 5.08. The minimum absolute atomic E-state index is 0.405. The van der Waals surface area contributed by atoms with E-state index >= 15 is 0 Å². The zero-order valence-corrected chi connectivity index (χ0v) is 8.98. The van der Waals surface area contributed by atoms with Crippen molar-refractivity contribution in [3.63, 3.8) is 0 Å². The van der Waals surface area contributed by atoms with Crippen LogP contribution in [0.25, 0.3) is 0 Å². The van der Waals surface area contributed by atoms with Gasteiger partial charge in [-0.05, 0) is 25.3 Å². The molecule has 0 N–H and O–H groups in total. The molecule has 0 saturated carbocycles. The Bertz CT molecular complexity index is 127. The number of rotatable bonds is 3. The first kappa shape index (κ1) is 10.3. The number of nitrogens with zero attached hydrogens (tertiary/aromatic N) is 1. The van der Waals surface area contributed by atoms with Crippen LogP contribution < -0.4 is 0 Å². The van der Waals surface area contributed by atoms with Gasteiger partial charge in [-0.1, -0.05) is 20.3 Å². The lowest BCUT2D eigenvalue weighted by atomic mass is 10.1. The van der Waals surface area contributed by atoms with E-state index in [1.807, 2.05) is 0 Å². The standard InChI is InChI=1S/C10H20ClN/c1-3-9(2)7-12-6-4-5-10(11)8-12/h9-10H,3-8H2,1-2H3. The number of hydrogen-bond donors (Lipinski definition) is 0. The topological polar surface area (TPSA) is 3.24 Å². The van der Waals surface area contributed by atoms with E-state index in [9.17, 15) is 0 Å². The summed E-state index contributed by atoms with van der Waals surface area (Å²) in [6, 6.07) is 0. The zero-order valence-electron chi connectivity index (χ0n) is 8.22. The molecule has 1 saturated heterocycles. The molecule has 1 fully saturated rings. The quantitative estimate of drug-likeness (QED) is 0.618. The fraction of sp³-hybridized carbons (Fsp3) is 1.00. The van der Waals surface area contributed by atoms with Crippen LogP contribution in [0, 0.1) is 5.92 Å². The number of alkyl halides is 1. The lowest BCUT2D eigenvalue weighted by Crippen LogP contribution is -2.38. The molecule has 72 valence electrons. The van der Waals surface area contributed by atoms with Gasteiger partial charge in [-0.3, -0.25) is 0 Å². The lowest BCUT2D eigenvalue weighted by molar-refractivity contribution is 0.201. The van der Waals surface area contributed by atoms with E-state index in [4.69, 9.17) is 11.6 Å². The zero-order chi connectivity index (χ0) is 8.97. The summed E-state index contributed by atoms with van der Waals surface area (Å²) in [5.41, 5.74) is 0. The van der Waals surface area contributed by atoms with Crippen molar-refractivity contribution < 1.29 is 0 Å². The van der Waals surface area contributed by atoms with Crippen LogP contribution in [-0.4, -0.2) is 29.9 Å². The van der Waals surface area contributed by atoms with Crippen LogP contribution in [0.2, 0.25) is 0 Å². The van der Waals surface area contributed by atoms with Crippen molar-refractivity contribution in [2.75, 3.05) is 19.6 Å². The summed E-state index contributed by atoms with van der Waals surface area (Å²) in [5, 5.41) is 0.405. The van der Waals surface area contributed by atoms with Crippen molar-refractivity contribution in [1.82, 2.24) is 4.90 Å². The van der Waals surface area contributed by atoms with Crippen LogP contribution in [0.4, 0.5) is 0 Å². The van der Waals surface area contributed by atoms with Gasteiger partial charge >= 0.3 is 0 Å². The summed E-state index contributed by atoms with van der Waals surface area (Å²) in [5.74, 6) is 0.826. The highest BCUT2D eigenvalue weighted by molar-refractivity contribution is 6.20. The third kappa shape index (κ3) is 3.32. The maximum absolute atomic E-state index is 6.10. The van der Waals surface area contributed by atoms with Crippen molar-refractivity contribution in [2.24, 2.45) is 5.92 Å². The predicted octanol–water partition coefficient (Wildman–Crippen LogP) is 2.74. The smallest absolute Gasteiger partial charge is 0.0463 e. The summed E-state index contributed by atoms with van der Waals surface area (Å²) < 4.78 is 0. The maximum atomic E-state index is 6.10. The van der Waals surface area contributed by atoms with Crippen LogP contribution in [0.3, 0.4) is 0 Å². The number of hydrogen-bond acceptors (Lipinski definition) is 1. The van der Waals surface area contributed by atoms with Gasteiger partial charge in [0, 0.05) is 18.5 Å². The van der Waals surface area contributed by atoms with Crippen molar-refractivity contribution in [3.05, 3.63) is 0 Å². The van der Waals surface area contributed by atoms with Gasteiger partial charge in [0.25, 0.3) is 0 Å². The molecule has 0 aliphatic carbocycles. The minimum Gasteiger partial charge on any atom is -0.302 e. The average Bonchev–Trinajstić information content (AvgIpc) is 2.04. The Morgan fingerprint density at radius 1 is 1.58 bits per heavy atom.